The van der Waals surface area contributed by atoms with Gasteiger partial charge in [-0.15, -0.1) is 0 Å². The highest BCUT2D eigenvalue weighted by molar-refractivity contribution is 6.33. The molecule has 0 unspecified atom stereocenters. The number of anilines is 1. The molecule has 0 spiro atoms. The van der Waals surface area contributed by atoms with Crippen molar-refractivity contribution in [3.05, 3.63) is 47.0 Å². The molecule has 86 valence electrons. The Hall–Kier alpha value is -1.99. The SMILES string of the molecule is Cn1ccnc1CNc1cc(C#N)ccc1Cl. The molecule has 0 saturated carbocycles. The number of halogens is 1. The van der Waals surface area contributed by atoms with Crippen LogP contribution < -0.4 is 5.32 Å². The summed E-state index contributed by atoms with van der Waals surface area (Å²) in [5, 5.41) is 12.6. The van der Waals surface area contributed by atoms with Crippen molar-refractivity contribution in [2.75, 3.05) is 5.32 Å². The van der Waals surface area contributed by atoms with Crippen LogP contribution in [0.2, 0.25) is 5.02 Å². The van der Waals surface area contributed by atoms with Crippen molar-refractivity contribution in [2.45, 2.75) is 6.54 Å². The van der Waals surface area contributed by atoms with Crippen LogP contribution in [0.15, 0.2) is 30.6 Å². The maximum Gasteiger partial charge on any atom is 0.127 e. The quantitative estimate of drug-likeness (QED) is 0.906. The molecule has 0 aliphatic carbocycles. The summed E-state index contributed by atoms with van der Waals surface area (Å²) in [7, 11) is 1.93. The van der Waals surface area contributed by atoms with E-state index in [9.17, 15) is 0 Å². The summed E-state index contributed by atoms with van der Waals surface area (Å²) >= 11 is 6.03. The standard InChI is InChI=1S/C12H11ClN4/c1-17-5-4-15-12(17)8-16-11-6-9(7-14)2-3-10(11)13/h2-6,16H,8H2,1H3. The zero-order valence-corrected chi connectivity index (χ0v) is 10.1. The van der Waals surface area contributed by atoms with Gasteiger partial charge < -0.3 is 9.88 Å². The van der Waals surface area contributed by atoms with E-state index < -0.39 is 0 Å². The van der Waals surface area contributed by atoms with Crippen LogP contribution in [-0.4, -0.2) is 9.55 Å². The molecule has 0 saturated heterocycles. The summed E-state index contributed by atoms with van der Waals surface area (Å²) in [4.78, 5) is 4.20. The number of nitrogens with one attached hydrogen (secondary N) is 1. The third-order valence-electron chi connectivity index (χ3n) is 2.45. The fraction of sp³-hybridized carbons (Fsp3) is 0.167. The van der Waals surface area contributed by atoms with E-state index in [1.807, 2.05) is 17.8 Å². The van der Waals surface area contributed by atoms with Crippen molar-refractivity contribution >= 4 is 17.3 Å². The molecule has 0 bridgehead atoms. The molecule has 1 heterocycles. The van der Waals surface area contributed by atoms with Gasteiger partial charge >= 0.3 is 0 Å². The van der Waals surface area contributed by atoms with Gasteiger partial charge in [0.1, 0.15) is 5.82 Å². The molecule has 5 heteroatoms. The van der Waals surface area contributed by atoms with E-state index in [1.165, 1.54) is 0 Å². The normalized spacial score (nSPS) is 9.94. The van der Waals surface area contributed by atoms with Crippen molar-refractivity contribution in [3.8, 4) is 6.07 Å². The Labute approximate surface area is 104 Å². The number of imidazole rings is 1. The molecular formula is C12H11ClN4. The maximum absolute atomic E-state index is 8.81. The summed E-state index contributed by atoms with van der Waals surface area (Å²) < 4.78 is 1.93. The van der Waals surface area contributed by atoms with E-state index in [0.717, 1.165) is 11.5 Å². The highest BCUT2D eigenvalue weighted by atomic mass is 35.5. The third kappa shape index (κ3) is 2.58. The summed E-state index contributed by atoms with van der Waals surface area (Å²) in [6.45, 7) is 0.568. The molecule has 0 fully saturated rings. The molecule has 1 aromatic heterocycles. The van der Waals surface area contributed by atoms with Crippen LogP contribution in [0.5, 0.6) is 0 Å². The van der Waals surface area contributed by atoms with Gasteiger partial charge in [-0.05, 0) is 18.2 Å². The van der Waals surface area contributed by atoms with Gasteiger partial charge in [-0.25, -0.2) is 4.98 Å². The lowest BCUT2D eigenvalue weighted by Crippen LogP contribution is -2.06. The molecule has 0 aliphatic rings. The zero-order chi connectivity index (χ0) is 12.3. The minimum Gasteiger partial charge on any atom is -0.377 e. The predicted octanol–water partition coefficient (Wildman–Crippen LogP) is 2.56. The van der Waals surface area contributed by atoms with Gasteiger partial charge in [0.25, 0.3) is 0 Å². The number of nitrogens with zero attached hydrogens (tertiary/aromatic N) is 3. The minimum absolute atomic E-state index is 0.568. The Kier molecular flexibility index (Phi) is 3.31. The number of hydrogen-bond acceptors (Lipinski definition) is 3. The highest BCUT2D eigenvalue weighted by Gasteiger charge is 2.03. The molecule has 2 rings (SSSR count). The lowest BCUT2D eigenvalue weighted by atomic mass is 10.2. The highest BCUT2D eigenvalue weighted by Crippen LogP contribution is 2.23. The molecule has 0 aliphatic heterocycles. The van der Waals surface area contributed by atoms with Crippen LogP contribution in [0.25, 0.3) is 0 Å². The van der Waals surface area contributed by atoms with Crippen molar-refractivity contribution in [1.82, 2.24) is 9.55 Å². The van der Waals surface area contributed by atoms with Gasteiger partial charge in [0.2, 0.25) is 0 Å². The second-order valence-electron chi connectivity index (χ2n) is 3.61. The Morgan fingerprint density at radius 1 is 1.53 bits per heavy atom. The first-order valence-corrected chi connectivity index (χ1v) is 5.48. The summed E-state index contributed by atoms with van der Waals surface area (Å²) in [5.41, 5.74) is 1.32. The topological polar surface area (TPSA) is 53.6 Å². The van der Waals surface area contributed by atoms with E-state index in [1.54, 1.807) is 24.4 Å². The van der Waals surface area contributed by atoms with Crippen LogP contribution in [-0.2, 0) is 13.6 Å². The fourth-order valence-electron chi connectivity index (χ4n) is 1.47. The van der Waals surface area contributed by atoms with Crippen molar-refractivity contribution in [1.29, 1.82) is 5.26 Å². The Balaban J connectivity index is 2.14. The predicted molar refractivity (Wildman–Crippen MR) is 66.7 cm³/mol. The van der Waals surface area contributed by atoms with Gasteiger partial charge in [-0.3, -0.25) is 0 Å². The third-order valence-corrected chi connectivity index (χ3v) is 2.78. The number of aromatic nitrogens is 2. The van der Waals surface area contributed by atoms with E-state index in [4.69, 9.17) is 16.9 Å². The zero-order valence-electron chi connectivity index (χ0n) is 9.31. The fourth-order valence-corrected chi connectivity index (χ4v) is 1.66. The van der Waals surface area contributed by atoms with Gasteiger partial charge in [-0.2, -0.15) is 5.26 Å². The van der Waals surface area contributed by atoms with Crippen LogP contribution in [0.4, 0.5) is 5.69 Å². The van der Waals surface area contributed by atoms with E-state index in [0.29, 0.717) is 17.1 Å². The van der Waals surface area contributed by atoms with E-state index in [-0.39, 0.29) is 0 Å². The van der Waals surface area contributed by atoms with Crippen LogP contribution >= 0.6 is 11.6 Å². The first-order chi connectivity index (χ1) is 8.20. The average molecular weight is 247 g/mol. The van der Waals surface area contributed by atoms with Crippen LogP contribution in [0.3, 0.4) is 0 Å². The summed E-state index contributed by atoms with van der Waals surface area (Å²) in [6, 6.07) is 7.21. The Bertz CT molecular complexity index is 568. The Morgan fingerprint density at radius 2 is 2.35 bits per heavy atom. The molecular weight excluding hydrogens is 236 g/mol. The lowest BCUT2D eigenvalue weighted by Gasteiger charge is -2.08. The molecule has 1 N–H and O–H groups in total. The number of rotatable bonds is 3. The second kappa shape index (κ2) is 4.89. The second-order valence-corrected chi connectivity index (χ2v) is 4.02. The van der Waals surface area contributed by atoms with Crippen molar-refractivity contribution < 1.29 is 0 Å². The van der Waals surface area contributed by atoms with Crippen LogP contribution in [0.1, 0.15) is 11.4 Å². The largest absolute Gasteiger partial charge is 0.377 e. The van der Waals surface area contributed by atoms with E-state index in [2.05, 4.69) is 16.4 Å². The Morgan fingerprint density at radius 3 is 3.00 bits per heavy atom. The molecule has 4 nitrogen and oxygen atoms in total. The van der Waals surface area contributed by atoms with Gasteiger partial charge in [0.15, 0.2) is 0 Å². The molecule has 0 radical (unpaired) electrons. The lowest BCUT2D eigenvalue weighted by molar-refractivity contribution is 0.813. The monoisotopic (exact) mass is 246 g/mol. The first kappa shape index (κ1) is 11.5. The smallest absolute Gasteiger partial charge is 0.127 e. The van der Waals surface area contributed by atoms with Gasteiger partial charge in [0.05, 0.1) is 28.9 Å². The molecule has 0 amide bonds. The minimum atomic E-state index is 0.568. The maximum atomic E-state index is 8.81. The molecule has 1 aromatic carbocycles. The van der Waals surface area contributed by atoms with Gasteiger partial charge in [0, 0.05) is 19.4 Å². The number of hydrogen-bond donors (Lipinski definition) is 1. The molecule has 2 aromatic rings. The van der Waals surface area contributed by atoms with E-state index >= 15 is 0 Å². The summed E-state index contributed by atoms with van der Waals surface area (Å²) in [6.07, 6.45) is 3.62. The first-order valence-electron chi connectivity index (χ1n) is 5.10. The number of benzene rings is 1. The summed E-state index contributed by atoms with van der Waals surface area (Å²) in [5.74, 6) is 0.906. The van der Waals surface area contributed by atoms with Gasteiger partial charge in [-0.1, -0.05) is 11.6 Å². The average Bonchev–Trinajstić information content (AvgIpc) is 2.74. The number of aryl methyl sites for hydroxylation is 1. The van der Waals surface area contributed by atoms with Crippen molar-refractivity contribution in [3.63, 3.8) is 0 Å². The molecule has 0 atom stereocenters. The van der Waals surface area contributed by atoms with Crippen LogP contribution in [0, 0.1) is 11.3 Å². The molecule has 17 heavy (non-hydrogen) atoms. The van der Waals surface area contributed by atoms with Crippen molar-refractivity contribution in [2.24, 2.45) is 7.05 Å². The number of nitriles is 1.